The summed E-state index contributed by atoms with van der Waals surface area (Å²) >= 11 is 0. The van der Waals surface area contributed by atoms with Crippen LogP contribution in [0.1, 0.15) is 52.7 Å². The topological polar surface area (TPSA) is 33.5 Å². The first kappa shape index (κ1) is 50.9. The fourth-order valence-electron chi connectivity index (χ4n) is 11.6. The molecule has 0 aliphatic carbocycles. The number of para-hydroxylation sites is 3. The molecule has 0 spiro atoms. The average Bonchev–Trinajstić information content (AvgIpc) is 4.07. The summed E-state index contributed by atoms with van der Waals surface area (Å²) in [5.74, 6) is 1.56. The Bertz CT molecular complexity index is 4200. The lowest BCUT2D eigenvalue weighted by Gasteiger charge is -2.30. The minimum atomic E-state index is -0.309. The van der Waals surface area contributed by atoms with Gasteiger partial charge in [0.1, 0.15) is 35.6 Å². The van der Waals surface area contributed by atoms with Gasteiger partial charge in [0, 0.05) is 45.9 Å². The number of nitrogens with zero attached hydrogens (tertiary/aromatic N) is 4. The zero-order valence-corrected chi connectivity index (χ0v) is 46.3. The molecule has 0 amide bonds. The van der Waals surface area contributed by atoms with E-state index in [-0.39, 0.29) is 22.5 Å². The SMILES string of the molecule is CC(C)(C)c1ccnc(-n2c3ccccc3c3ccc(Oc4cc(-c5c(-c6ccccc6)cccc5-c5ccccc5)cc(N5CN(c6c(-c7ccc(F)cc7)cc(C(C)(C)C)cc6-c6ccc(F)cc6)c6ccccc65)c4)cc32)c1. The number of halogens is 2. The van der Waals surface area contributed by atoms with Crippen molar-refractivity contribution in [1.82, 2.24) is 9.55 Å². The molecule has 0 bridgehead atoms. The molecule has 12 aromatic rings. The number of fused-ring (bicyclic) bond motifs is 4. The minimum Gasteiger partial charge on any atom is -0.457 e. The van der Waals surface area contributed by atoms with Crippen LogP contribution in [0.3, 0.4) is 0 Å². The van der Waals surface area contributed by atoms with Gasteiger partial charge in [-0.1, -0.05) is 175 Å². The highest BCUT2D eigenvalue weighted by Crippen LogP contribution is 2.53. The summed E-state index contributed by atoms with van der Waals surface area (Å²) in [4.78, 5) is 9.68. The summed E-state index contributed by atoms with van der Waals surface area (Å²) in [7, 11) is 0. The zero-order chi connectivity index (χ0) is 55.6. The molecule has 0 N–H and O–H groups in total. The summed E-state index contributed by atoms with van der Waals surface area (Å²) < 4.78 is 39.2. The molecule has 7 heteroatoms. The lowest BCUT2D eigenvalue weighted by atomic mass is 9.82. The van der Waals surface area contributed by atoms with Crippen molar-refractivity contribution in [3.8, 4) is 73.0 Å². The second-order valence-electron chi connectivity index (χ2n) is 23.1. The van der Waals surface area contributed by atoms with Crippen molar-refractivity contribution in [2.45, 2.75) is 52.4 Å². The second kappa shape index (κ2) is 20.3. The van der Waals surface area contributed by atoms with Crippen molar-refractivity contribution >= 4 is 44.6 Å². The molecule has 3 heterocycles. The van der Waals surface area contributed by atoms with Crippen molar-refractivity contribution in [2.24, 2.45) is 0 Å². The lowest BCUT2D eigenvalue weighted by Crippen LogP contribution is -2.25. The molecule has 0 saturated heterocycles. The van der Waals surface area contributed by atoms with E-state index in [1.165, 1.54) is 29.8 Å². The third-order valence-corrected chi connectivity index (χ3v) is 15.7. The van der Waals surface area contributed by atoms with Crippen molar-refractivity contribution in [2.75, 3.05) is 16.5 Å². The fourth-order valence-corrected chi connectivity index (χ4v) is 11.6. The van der Waals surface area contributed by atoms with Crippen LogP contribution in [0.2, 0.25) is 0 Å². The smallest absolute Gasteiger partial charge is 0.137 e. The van der Waals surface area contributed by atoms with Crippen LogP contribution in [0.15, 0.2) is 243 Å². The minimum absolute atomic E-state index is 0.0769. The van der Waals surface area contributed by atoms with Crippen molar-refractivity contribution < 1.29 is 13.5 Å². The molecule has 0 atom stereocenters. The summed E-state index contributed by atoms with van der Waals surface area (Å²) in [5, 5.41) is 2.23. The van der Waals surface area contributed by atoms with E-state index >= 15 is 0 Å². The van der Waals surface area contributed by atoms with Gasteiger partial charge >= 0.3 is 0 Å². The maximum atomic E-state index is 14.8. The first-order chi connectivity index (χ1) is 39.2. The van der Waals surface area contributed by atoms with Crippen LogP contribution in [0, 0.1) is 11.6 Å². The zero-order valence-electron chi connectivity index (χ0n) is 46.3. The average molecular weight is 1060 g/mol. The number of hydrogen-bond donors (Lipinski definition) is 0. The van der Waals surface area contributed by atoms with Gasteiger partial charge in [-0.05, 0) is 157 Å². The third kappa shape index (κ3) is 9.59. The van der Waals surface area contributed by atoms with Gasteiger partial charge in [-0.2, -0.15) is 0 Å². The number of ether oxygens (including phenoxy) is 1. The molecule has 0 radical (unpaired) electrons. The molecule has 2 aromatic heterocycles. The number of rotatable bonds is 10. The van der Waals surface area contributed by atoms with Crippen LogP contribution in [0.25, 0.3) is 83.3 Å². The van der Waals surface area contributed by atoms with Crippen LogP contribution in [-0.4, -0.2) is 16.2 Å². The van der Waals surface area contributed by atoms with E-state index in [0.29, 0.717) is 18.2 Å². The predicted octanol–water partition coefficient (Wildman–Crippen LogP) is 20.4. The second-order valence-corrected chi connectivity index (χ2v) is 23.1. The highest BCUT2D eigenvalue weighted by molar-refractivity contribution is 6.09. The number of aromatic nitrogens is 2. The molecule has 1 aliphatic heterocycles. The molecule has 10 aromatic carbocycles. The van der Waals surface area contributed by atoms with Gasteiger partial charge in [0.2, 0.25) is 0 Å². The Morgan fingerprint density at radius 1 is 0.407 bits per heavy atom. The summed E-state index contributed by atoms with van der Waals surface area (Å²) in [6, 6.07) is 80.0. The predicted molar refractivity (Wildman–Crippen MR) is 332 cm³/mol. The quantitative estimate of drug-likeness (QED) is 0.137. The fraction of sp³-hybridized carbons (Fsp3) is 0.122. The molecule has 5 nitrogen and oxygen atoms in total. The number of pyridine rings is 1. The Morgan fingerprint density at radius 3 is 1.56 bits per heavy atom. The Kier molecular flexibility index (Phi) is 12.7. The van der Waals surface area contributed by atoms with E-state index in [0.717, 1.165) is 112 Å². The maximum Gasteiger partial charge on any atom is 0.137 e. The Morgan fingerprint density at radius 2 is 0.951 bits per heavy atom. The Labute approximate surface area is 472 Å². The van der Waals surface area contributed by atoms with Crippen LogP contribution in [0.4, 0.5) is 31.5 Å². The third-order valence-electron chi connectivity index (χ3n) is 15.7. The van der Waals surface area contributed by atoms with E-state index in [1.54, 1.807) is 0 Å². The van der Waals surface area contributed by atoms with Crippen molar-refractivity contribution in [3.05, 3.63) is 266 Å². The first-order valence-corrected chi connectivity index (χ1v) is 27.7. The molecule has 1 aliphatic rings. The van der Waals surface area contributed by atoms with E-state index in [1.807, 2.05) is 30.5 Å². The van der Waals surface area contributed by atoms with Crippen LogP contribution in [-0.2, 0) is 10.8 Å². The van der Waals surface area contributed by atoms with E-state index in [9.17, 15) is 8.78 Å². The lowest BCUT2D eigenvalue weighted by molar-refractivity contribution is 0.483. The highest BCUT2D eigenvalue weighted by Gasteiger charge is 2.34. The van der Waals surface area contributed by atoms with Gasteiger partial charge in [-0.3, -0.25) is 4.57 Å². The summed E-state index contributed by atoms with van der Waals surface area (Å²) in [6.07, 6.45) is 1.91. The summed E-state index contributed by atoms with van der Waals surface area (Å²) in [6.45, 7) is 13.7. The molecular weight excluding hydrogens is 999 g/mol. The molecular formula is C74H60F2N4O. The standard InChI is InChI=1S/C74H60F2N4O/c1-73(2,3)53-38-39-77-70(44-53)80-66-25-14-13-22-62(66)63-37-36-58(46-69(63)80)81-59-41-52(71-60(48-18-9-7-10-19-48)23-17-24-61(71)49-20-11-8-12-21-49)40-57(45-59)78-47-79(68-27-16-15-26-67(68)78)72-64(50-28-32-55(75)33-29-50)42-54(74(4,5)6)43-65(72)51-30-34-56(76)35-31-51/h7-46H,47H2,1-6H3. The first-order valence-electron chi connectivity index (χ1n) is 27.7. The van der Waals surface area contributed by atoms with Gasteiger partial charge in [0.05, 0.1) is 28.1 Å². The number of anilines is 4. The van der Waals surface area contributed by atoms with Gasteiger partial charge in [0.25, 0.3) is 0 Å². The van der Waals surface area contributed by atoms with Crippen LogP contribution in [0.5, 0.6) is 11.5 Å². The number of hydrogen-bond acceptors (Lipinski definition) is 4. The van der Waals surface area contributed by atoms with E-state index in [4.69, 9.17) is 9.72 Å². The molecule has 81 heavy (non-hydrogen) atoms. The monoisotopic (exact) mass is 1060 g/mol. The van der Waals surface area contributed by atoms with Gasteiger partial charge in [-0.25, -0.2) is 13.8 Å². The Balaban J connectivity index is 1.03. The maximum absolute atomic E-state index is 14.8. The van der Waals surface area contributed by atoms with Gasteiger partial charge in [-0.15, -0.1) is 0 Å². The van der Waals surface area contributed by atoms with Crippen LogP contribution >= 0.6 is 0 Å². The molecule has 0 unspecified atom stereocenters. The van der Waals surface area contributed by atoms with E-state index < -0.39 is 0 Å². The molecule has 0 fully saturated rings. The van der Waals surface area contributed by atoms with Crippen LogP contribution < -0.4 is 14.5 Å². The number of benzene rings is 10. The highest BCUT2D eigenvalue weighted by atomic mass is 19.1. The van der Waals surface area contributed by atoms with Crippen molar-refractivity contribution in [1.29, 1.82) is 0 Å². The largest absolute Gasteiger partial charge is 0.457 e. The molecule has 13 rings (SSSR count). The molecule has 0 saturated carbocycles. The van der Waals surface area contributed by atoms with E-state index in [2.05, 4.69) is 244 Å². The van der Waals surface area contributed by atoms with Crippen molar-refractivity contribution in [3.63, 3.8) is 0 Å². The van der Waals surface area contributed by atoms with Gasteiger partial charge in [0.15, 0.2) is 0 Å². The molecule has 396 valence electrons. The normalized spacial score (nSPS) is 12.6. The summed E-state index contributed by atoms with van der Waals surface area (Å²) in [5.41, 5.74) is 17.9. The van der Waals surface area contributed by atoms with Gasteiger partial charge < -0.3 is 14.5 Å². The Hall–Kier alpha value is -9.59.